The van der Waals surface area contributed by atoms with Crippen LogP contribution in [0.1, 0.15) is 26.5 Å². The Balaban J connectivity index is 1.39. The molecule has 8 heteroatoms. The summed E-state index contributed by atoms with van der Waals surface area (Å²) in [6.07, 6.45) is 0.876. The standard InChI is InChI=1S/C24H20Cl2N4OS/c25-18-7-6-16(11-19(18)26)28-23(31)22-21(27)17-10-15-13-30(12-14-4-2-1-3-5-14)9-8-20(15)29-24(17)32-22/h1-7,10-11H,8-9,12-13,27H2,(H,28,31). The Morgan fingerprint density at radius 1 is 1.12 bits per heavy atom. The van der Waals surface area contributed by atoms with E-state index in [1.807, 2.05) is 6.07 Å². The van der Waals surface area contributed by atoms with E-state index in [1.54, 1.807) is 18.2 Å². The fourth-order valence-corrected chi connectivity index (χ4v) is 5.25. The molecule has 0 radical (unpaired) electrons. The highest BCUT2D eigenvalue weighted by Crippen LogP contribution is 2.36. The van der Waals surface area contributed by atoms with E-state index in [0.29, 0.717) is 26.3 Å². The predicted octanol–water partition coefficient (Wildman–Crippen LogP) is 6.00. The maximum atomic E-state index is 12.9. The van der Waals surface area contributed by atoms with Crippen LogP contribution >= 0.6 is 34.5 Å². The average molecular weight is 483 g/mol. The number of nitrogens with zero attached hydrogens (tertiary/aromatic N) is 2. The van der Waals surface area contributed by atoms with Crippen molar-refractivity contribution in [3.8, 4) is 0 Å². The molecule has 1 aliphatic rings. The highest BCUT2D eigenvalue weighted by Gasteiger charge is 2.23. The normalized spacial score (nSPS) is 13.8. The number of benzene rings is 2. The van der Waals surface area contributed by atoms with Crippen LogP contribution in [0.25, 0.3) is 10.2 Å². The number of nitrogen functional groups attached to an aromatic ring is 1. The molecular formula is C24H20Cl2N4OS. The monoisotopic (exact) mass is 482 g/mol. The van der Waals surface area contributed by atoms with Crippen molar-refractivity contribution in [2.24, 2.45) is 0 Å². The minimum atomic E-state index is -0.285. The molecule has 0 unspecified atom stereocenters. The third kappa shape index (κ3) is 4.19. The second kappa shape index (κ2) is 8.71. The maximum Gasteiger partial charge on any atom is 0.267 e. The van der Waals surface area contributed by atoms with Gasteiger partial charge in [0.25, 0.3) is 5.91 Å². The third-order valence-corrected chi connectivity index (χ3v) is 7.43. The molecule has 5 rings (SSSR count). The molecule has 0 fully saturated rings. The predicted molar refractivity (Wildman–Crippen MR) is 133 cm³/mol. The fraction of sp³-hybridized carbons (Fsp3) is 0.167. The minimum Gasteiger partial charge on any atom is -0.397 e. The number of amides is 1. The van der Waals surface area contributed by atoms with Crippen molar-refractivity contribution in [2.75, 3.05) is 17.6 Å². The number of hydrogen-bond acceptors (Lipinski definition) is 5. The average Bonchev–Trinajstić information content (AvgIpc) is 3.11. The van der Waals surface area contributed by atoms with Gasteiger partial charge in [-0.2, -0.15) is 0 Å². The molecule has 32 heavy (non-hydrogen) atoms. The zero-order chi connectivity index (χ0) is 22.2. The number of carbonyl (C=O) groups is 1. The van der Waals surface area contributed by atoms with Gasteiger partial charge < -0.3 is 11.1 Å². The van der Waals surface area contributed by atoms with Crippen molar-refractivity contribution in [2.45, 2.75) is 19.5 Å². The van der Waals surface area contributed by atoms with Crippen molar-refractivity contribution in [3.63, 3.8) is 0 Å². The summed E-state index contributed by atoms with van der Waals surface area (Å²) in [6, 6.07) is 17.5. The first-order valence-electron chi connectivity index (χ1n) is 10.2. The van der Waals surface area contributed by atoms with Gasteiger partial charge in [0.15, 0.2) is 0 Å². The molecule has 0 saturated heterocycles. The van der Waals surface area contributed by atoms with Gasteiger partial charge in [-0.05, 0) is 35.4 Å². The lowest BCUT2D eigenvalue weighted by Crippen LogP contribution is -2.30. The number of nitrogens with two attached hydrogens (primary N) is 1. The SMILES string of the molecule is Nc1c(C(=O)Nc2ccc(Cl)c(Cl)c2)sc2nc3c(cc12)CN(Cc1ccccc1)CC3. The lowest BCUT2D eigenvalue weighted by atomic mass is 10.0. The van der Waals surface area contributed by atoms with E-state index in [0.717, 1.165) is 42.0 Å². The highest BCUT2D eigenvalue weighted by molar-refractivity contribution is 7.21. The van der Waals surface area contributed by atoms with Crippen molar-refractivity contribution in [1.82, 2.24) is 9.88 Å². The zero-order valence-electron chi connectivity index (χ0n) is 17.1. The van der Waals surface area contributed by atoms with Crippen molar-refractivity contribution >= 4 is 62.0 Å². The minimum absolute atomic E-state index is 0.285. The van der Waals surface area contributed by atoms with Crippen LogP contribution in [0.3, 0.4) is 0 Å². The summed E-state index contributed by atoms with van der Waals surface area (Å²) in [5.41, 5.74) is 10.9. The number of thiophene rings is 1. The topological polar surface area (TPSA) is 71.2 Å². The van der Waals surface area contributed by atoms with Crippen LogP contribution < -0.4 is 11.1 Å². The number of nitrogens with one attached hydrogen (secondary N) is 1. The molecule has 0 spiro atoms. The summed E-state index contributed by atoms with van der Waals surface area (Å²) >= 11 is 13.3. The number of carbonyl (C=O) groups excluding carboxylic acids is 1. The number of rotatable bonds is 4. The first-order chi connectivity index (χ1) is 15.5. The molecule has 1 amide bonds. The fourth-order valence-electron chi connectivity index (χ4n) is 3.96. The van der Waals surface area contributed by atoms with Crippen LogP contribution in [-0.2, 0) is 19.5 Å². The quantitative estimate of drug-likeness (QED) is 0.374. The van der Waals surface area contributed by atoms with Crippen LogP contribution in [0.5, 0.6) is 0 Å². The second-order valence-electron chi connectivity index (χ2n) is 7.82. The third-order valence-electron chi connectivity index (χ3n) is 5.58. The molecule has 0 aliphatic carbocycles. The lowest BCUT2D eigenvalue weighted by Gasteiger charge is -2.28. The van der Waals surface area contributed by atoms with Crippen molar-refractivity contribution in [1.29, 1.82) is 0 Å². The second-order valence-corrected chi connectivity index (χ2v) is 9.63. The molecule has 0 saturated carbocycles. The van der Waals surface area contributed by atoms with Gasteiger partial charge in [0.2, 0.25) is 0 Å². The molecule has 3 heterocycles. The first kappa shape index (κ1) is 21.2. The van der Waals surface area contributed by atoms with Gasteiger partial charge in [0.1, 0.15) is 9.71 Å². The van der Waals surface area contributed by atoms with Gasteiger partial charge >= 0.3 is 0 Å². The molecule has 2 aromatic carbocycles. The Labute approximate surface area is 199 Å². The number of pyridine rings is 1. The first-order valence-corrected chi connectivity index (χ1v) is 11.8. The molecule has 0 atom stereocenters. The molecule has 1 aliphatic heterocycles. The lowest BCUT2D eigenvalue weighted by molar-refractivity contribution is 0.103. The Bertz CT molecular complexity index is 1320. The zero-order valence-corrected chi connectivity index (χ0v) is 19.4. The van der Waals surface area contributed by atoms with Crippen LogP contribution in [0.15, 0.2) is 54.6 Å². The number of hydrogen-bond donors (Lipinski definition) is 2. The van der Waals surface area contributed by atoms with Crippen LogP contribution in [0, 0.1) is 0 Å². The summed E-state index contributed by atoms with van der Waals surface area (Å²) < 4.78 is 0. The molecule has 162 valence electrons. The van der Waals surface area contributed by atoms with Crippen LogP contribution in [0.2, 0.25) is 10.0 Å². The van der Waals surface area contributed by atoms with E-state index in [9.17, 15) is 4.79 Å². The smallest absolute Gasteiger partial charge is 0.267 e. The maximum absolute atomic E-state index is 12.9. The Morgan fingerprint density at radius 3 is 2.72 bits per heavy atom. The number of fused-ring (bicyclic) bond motifs is 2. The summed E-state index contributed by atoms with van der Waals surface area (Å²) in [5, 5.41) is 4.48. The van der Waals surface area contributed by atoms with Crippen molar-refractivity contribution < 1.29 is 4.79 Å². The van der Waals surface area contributed by atoms with Crippen LogP contribution in [-0.4, -0.2) is 22.3 Å². The van der Waals surface area contributed by atoms with E-state index in [-0.39, 0.29) is 5.91 Å². The van der Waals surface area contributed by atoms with Crippen LogP contribution in [0.4, 0.5) is 11.4 Å². The summed E-state index contributed by atoms with van der Waals surface area (Å²) in [4.78, 5) is 21.4. The molecular weight excluding hydrogens is 463 g/mol. The molecule has 4 aromatic rings. The van der Waals surface area contributed by atoms with E-state index in [2.05, 4.69) is 40.5 Å². The van der Waals surface area contributed by atoms with E-state index in [1.165, 1.54) is 22.5 Å². The van der Waals surface area contributed by atoms with E-state index >= 15 is 0 Å². The summed E-state index contributed by atoms with van der Waals surface area (Å²) in [7, 11) is 0. The molecule has 5 nitrogen and oxygen atoms in total. The summed E-state index contributed by atoms with van der Waals surface area (Å²) in [6.45, 7) is 2.66. The Kier molecular flexibility index (Phi) is 5.78. The van der Waals surface area contributed by atoms with Gasteiger partial charge in [-0.3, -0.25) is 9.69 Å². The highest BCUT2D eigenvalue weighted by atomic mass is 35.5. The van der Waals surface area contributed by atoms with E-state index < -0.39 is 0 Å². The van der Waals surface area contributed by atoms with Gasteiger partial charge in [-0.15, -0.1) is 11.3 Å². The number of anilines is 2. The van der Waals surface area contributed by atoms with Gasteiger partial charge in [0, 0.05) is 42.8 Å². The Hall–Kier alpha value is -2.64. The number of aromatic nitrogens is 1. The Morgan fingerprint density at radius 2 is 1.94 bits per heavy atom. The van der Waals surface area contributed by atoms with Crippen molar-refractivity contribution in [3.05, 3.63) is 86.3 Å². The summed E-state index contributed by atoms with van der Waals surface area (Å²) in [5.74, 6) is -0.285. The molecule has 2 aromatic heterocycles. The molecule has 3 N–H and O–H groups in total. The number of halogens is 2. The van der Waals surface area contributed by atoms with Gasteiger partial charge in [-0.1, -0.05) is 53.5 Å². The van der Waals surface area contributed by atoms with Gasteiger partial charge in [-0.25, -0.2) is 4.98 Å². The largest absolute Gasteiger partial charge is 0.397 e. The van der Waals surface area contributed by atoms with E-state index in [4.69, 9.17) is 33.9 Å². The van der Waals surface area contributed by atoms with Gasteiger partial charge in [0.05, 0.1) is 15.7 Å². The molecule has 0 bridgehead atoms.